The zero-order valence-corrected chi connectivity index (χ0v) is 12.8. The molecule has 0 bridgehead atoms. The largest absolute Gasteiger partial charge is 0.370 e. The molecule has 102 valence electrons. The molecule has 0 amide bonds. The summed E-state index contributed by atoms with van der Waals surface area (Å²) in [6, 6.07) is 4.76. The molecule has 0 saturated heterocycles. The second-order valence-electron chi connectivity index (χ2n) is 4.66. The van der Waals surface area contributed by atoms with Crippen LogP contribution in [0.2, 0.25) is 0 Å². The standard InChI is InChI=1S/C14H25N3S/c1-5-8-15-14-13(7-6-9-16-14)10-17(3)12(2)11-18-4/h6-7,9,12H,5,8,10-11H2,1-4H3,(H,15,16). The van der Waals surface area contributed by atoms with Crippen molar-refractivity contribution >= 4 is 17.6 Å². The number of nitrogens with one attached hydrogen (secondary N) is 1. The lowest BCUT2D eigenvalue weighted by Gasteiger charge is -2.25. The van der Waals surface area contributed by atoms with E-state index in [1.807, 2.05) is 24.0 Å². The van der Waals surface area contributed by atoms with E-state index in [2.05, 4.69) is 48.4 Å². The van der Waals surface area contributed by atoms with Gasteiger partial charge in [0.1, 0.15) is 5.82 Å². The second kappa shape index (κ2) is 8.38. The van der Waals surface area contributed by atoms with Crippen molar-refractivity contribution in [3.05, 3.63) is 23.9 Å². The third kappa shape index (κ3) is 4.86. The molecule has 0 spiro atoms. The molecule has 0 saturated carbocycles. The van der Waals surface area contributed by atoms with Crippen LogP contribution in [0.4, 0.5) is 5.82 Å². The van der Waals surface area contributed by atoms with Gasteiger partial charge in [0.05, 0.1) is 0 Å². The van der Waals surface area contributed by atoms with Gasteiger partial charge < -0.3 is 5.32 Å². The average Bonchev–Trinajstić information content (AvgIpc) is 2.38. The average molecular weight is 267 g/mol. The van der Waals surface area contributed by atoms with Crippen molar-refractivity contribution in [3.8, 4) is 0 Å². The maximum Gasteiger partial charge on any atom is 0.130 e. The number of rotatable bonds is 8. The summed E-state index contributed by atoms with van der Waals surface area (Å²) in [6.45, 7) is 6.37. The van der Waals surface area contributed by atoms with E-state index in [9.17, 15) is 0 Å². The van der Waals surface area contributed by atoms with Crippen LogP contribution in [0.5, 0.6) is 0 Å². The summed E-state index contributed by atoms with van der Waals surface area (Å²) in [7, 11) is 2.18. The SMILES string of the molecule is CCCNc1ncccc1CN(C)C(C)CSC. The number of thioether (sulfide) groups is 1. The van der Waals surface area contributed by atoms with Gasteiger partial charge in [0, 0.05) is 36.6 Å². The fraction of sp³-hybridized carbons (Fsp3) is 0.643. The summed E-state index contributed by atoms with van der Waals surface area (Å²) in [4.78, 5) is 6.81. The minimum absolute atomic E-state index is 0.583. The number of aromatic nitrogens is 1. The van der Waals surface area contributed by atoms with Gasteiger partial charge in [-0.1, -0.05) is 13.0 Å². The maximum atomic E-state index is 4.43. The van der Waals surface area contributed by atoms with Crippen molar-refractivity contribution < 1.29 is 0 Å². The van der Waals surface area contributed by atoms with Crippen LogP contribution in [0, 0.1) is 0 Å². The predicted octanol–water partition coefficient (Wildman–Crippen LogP) is 3.09. The van der Waals surface area contributed by atoms with Crippen molar-refractivity contribution in [2.75, 3.05) is 30.9 Å². The van der Waals surface area contributed by atoms with E-state index < -0.39 is 0 Å². The van der Waals surface area contributed by atoms with E-state index >= 15 is 0 Å². The van der Waals surface area contributed by atoms with Crippen molar-refractivity contribution in [1.82, 2.24) is 9.88 Å². The first-order chi connectivity index (χ1) is 8.69. The molecule has 3 nitrogen and oxygen atoms in total. The maximum absolute atomic E-state index is 4.43. The molecule has 0 aliphatic rings. The first-order valence-corrected chi connectivity index (χ1v) is 7.95. The second-order valence-corrected chi connectivity index (χ2v) is 5.57. The van der Waals surface area contributed by atoms with Crippen molar-refractivity contribution in [3.63, 3.8) is 0 Å². The van der Waals surface area contributed by atoms with E-state index in [1.165, 1.54) is 5.56 Å². The minimum atomic E-state index is 0.583. The lowest BCUT2D eigenvalue weighted by molar-refractivity contribution is 0.270. The number of anilines is 1. The zero-order chi connectivity index (χ0) is 13.4. The quantitative estimate of drug-likeness (QED) is 0.783. The summed E-state index contributed by atoms with van der Waals surface area (Å²) in [5.41, 5.74) is 1.28. The zero-order valence-electron chi connectivity index (χ0n) is 11.9. The van der Waals surface area contributed by atoms with Gasteiger partial charge in [0.25, 0.3) is 0 Å². The summed E-state index contributed by atoms with van der Waals surface area (Å²) in [5.74, 6) is 2.19. The van der Waals surface area contributed by atoms with Crippen molar-refractivity contribution in [2.45, 2.75) is 32.9 Å². The van der Waals surface area contributed by atoms with E-state index in [0.717, 1.165) is 31.1 Å². The van der Waals surface area contributed by atoms with Crippen LogP contribution in [0.25, 0.3) is 0 Å². The lowest BCUT2D eigenvalue weighted by Crippen LogP contribution is -2.30. The molecule has 0 aliphatic heterocycles. The van der Waals surface area contributed by atoms with Gasteiger partial charge in [-0.2, -0.15) is 11.8 Å². The highest BCUT2D eigenvalue weighted by molar-refractivity contribution is 7.98. The Morgan fingerprint density at radius 1 is 1.50 bits per heavy atom. The smallest absolute Gasteiger partial charge is 0.130 e. The number of nitrogens with zero attached hydrogens (tertiary/aromatic N) is 2. The van der Waals surface area contributed by atoms with Gasteiger partial charge in [0.15, 0.2) is 0 Å². The Morgan fingerprint density at radius 2 is 2.28 bits per heavy atom. The molecular weight excluding hydrogens is 242 g/mol. The van der Waals surface area contributed by atoms with E-state index in [0.29, 0.717) is 6.04 Å². The Kier molecular flexibility index (Phi) is 7.13. The fourth-order valence-corrected chi connectivity index (χ4v) is 2.50. The highest BCUT2D eigenvalue weighted by Crippen LogP contribution is 2.15. The van der Waals surface area contributed by atoms with Crippen LogP contribution in [0.1, 0.15) is 25.8 Å². The molecule has 1 N–H and O–H groups in total. The van der Waals surface area contributed by atoms with Crippen LogP contribution in [-0.2, 0) is 6.54 Å². The Bertz CT molecular complexity index is 344. The van der Waals surface area contributed by atoms with Gasteiger partial charge in [-0.05, 0) is 32.7 Å². The molecule has 0 aromatic carbocycles. The van der Waals surface area contributed by atoms with E-state index in [4.69, 9.17) is 0 Å². The molecule has 1 heterocycles. The van der Waals surface area contributed by atoms with Crippen LogP contribution in [-0.4, -0.2) is 41.5 Å². The normalized spacial score (nSPS) is 12.7. The van der Waals surface area contributed by atoms with Gasteiger partial charge in [-0.15, -0.1) is 0 Å². The highest BCUT2D eigenvalue weighted by Gasteiger charge is 2.11. The summed E-state index contributed by atoms with van der Waals surface area (Å²) in [5, 5.41) is 3.40. The third-order valence-electron chi connectivity index (χ3n) is 3.01. The molecule has 0 radical (unpaired) electrons. The highest BCUT2D eigenvalue weighted by atomic mass is 32.2. The summed E-state index contributed by atoms with van der Waals surface area (Å²) in [6.07, 6.45) is 5.13. The molecule has 1 unspecified atom stereocenters. The Hall–Kier alpha value is -0.740. The number of hydrogen-bond donors (Lipinski definition) is 1. The third-order valence-corrected chi connectivity index (χ3v) is 3.83. The first kappa shape index (κ1) is 15.3. The van der Waals surface area contributed by atoms with E-state index in [-0.39, 0.29) is 0 Å². The molecule has 1 rings (SSSR count). The molecule has 1 aromatic rings. The fourth-order valence-electron chi connectivity index (χ4n) is 1.76. The Labute approximate surface area is 115 Å². The van der Waals surface area contributed by atoms with Crippen LogP contribution in [0.3, 0.4) is 0 Å². The van der Waals surface area contributed by atoms with Gasteiger partial charge in [-0.25, -0.2) is 4.98 Å². The summed E-state index contributed by atoms with van der Waals surface area (Å²) >= 11 is 1.89. The van der Waals surface area contributed by atoms with Crippen LogP contribution in [0.15, 0.2) is 18.3 Å². The first-order valence-electron chi connectivity index (χ1n) is 6.56. The number of hydrogen-bond acceptors (Lipinski definition) is 4. The molecule has 0 fully saturated rings. The molecule has 1 aromatic heterocycles. The molecule has 0 aliphatic carbocycles. The van der Waals surface area contributed by atoms with Gasteiger partial charge >= 0.3 is 0 Å². The lowest BCUT2D eigenvalue weighted by atomic mass is 10.2. The Morgan fingerprint density at radius 3 is 2.94 bits per heavy atom. The number of pyridine rings is 1. The van der Waals surface area contributed by atoms with Crippen molar-refractivity contribution in [2.24, 2.45) is 0 Å². The monoisotopic (exact) mass is 267 g/mol. The topological polar surface area (TPSA) is 28.2 Å². The Balaban J connectivity index is 2.65. The minimum Gasteiger partial charge on any atom is -0.370 e. The molecular formula is C14H25N3S. The van der Waals surface area contributed by atoms with Crippen LogP contribution < -0.4 is 5.32 Å². The molecule has 4 heteroatoms. The molecule has 1 atom stereocenters. The van der Waals surface area contributed by atoms with Crippen molar-refractivity contribution in [1.29, 1.82) is 0 Å². The van der Waals surface area contributed by atoms with E-state index in [1.54, 1.807) is 0 Å². The van der Waals surface area contributed by atoms with Gasteiger partial charge in [-0.3, -0.25) is 4.90 Å². The predicted molar refractivity (Wildman–Crippen MR) is 82.3 cm³/mol. The summed E-state index contributed by atoms with van der Waals surface area (Å²) < 4.78 is 0. The molecule has 18 heavy (non-hydrogen) atoms. The van der Waals surface area contributed by atoms with Crippen LogP contribution >= 0.6 is 11.8 Å². The van der Waals surface area contributed by atoms with Gasteiger partial charge in [0.2, 0.25) is 0 Å².